The van der Waals surface area contributed by atoms with Gasteiger partial charge in [-0.05, 0) is 61.4 Å². The molecule has 0 aliphatic heterocycles. The van der Waals surface area contributed by atoms with E-state index in [1.54, 1.807) is 44.4 Å². The van der Waals surface area contributed by atoms with Gasteiger partial charge in [-0.25, -0.2) is 4.79 Å². The maximum atomic E-state index is 12.9. The summed E-state index contributed by atoms with van der Waals surface area (Å²) in [6.45, 7) is 3.27. The molecular formula is C24H24N2O6S. The van der Waals surface area contributed by atoms with Crippen LogP contribution in [0.4, 0.5) is 10.7 Å². The summed E-state index contributed by atoms with van der Waals surface area (Å²) in [5, 5.41) is 5.69. The number of ether oxygens (including phenoxy) is 3. The number of amides is 2. The molecule has 2 N–H and O–H groups in total. The highest BCUT2D eigenvalue weighted by molar-refractivity contribution is 7.18. The van der Waals surface area contributed by atoms with Gasteiger partial charge in [0.2, 0.25) is 0 Å². The van der Waals surface area contributed by atoms with E-state index in [9.17, 15) is 14.4 Å². The highest BCUT2D eigenvalue weighted by Gasteiger charge is 2.26. The number of hydrogen-bond acceptors (Lipinski definition) is 7. The highest BCUT2D eigenvalue weighted by atomic mass is 32.1. The van der Waals surface area contributed by atoms with Crippen LogP contribution < -0.4 is 20.1 Å². The number of rotatable bonds is 8. The van der Waals surface area contributed by atoms with Crippen molar-refractivity contribution in [1.29, 1.82) is 0 Å². The minimum absolute atomic E-state index is 0.134. The second-order valence-corrected chi connectivity index (χ2v) is 8.11. The minimum Gasteiger partial charge on any atom is -0.497 e. The Bertz CT molecular complexity index is 1170. The van der Waals surface area contributed by atoms with E-state index in [2.05, 4.69) is 10.6 Å². The topological polar surface area (TPSA) is 103 Å². The lowest BCUT2D eigenvalue weighted by molar-refractivity contribution is -0.118. The molecule has 0 aliphatic carbocycles. The molecule has 0 fully saturated rings. The second kappa shape index (κ2) is 10.6. The zero-order valence-corrected chi connectivity index (χ0v) is 19.5. The van der Waals surface area contributed by atoms with Crippen molar-refractivity contribution in [3.63, 3.8) is 0 Å². The van der Waals surface area contributed by atoms with E-state index < -0.39 is 11.9 Å². The van der Waals surface area contributed by atoms with Gasteiger partial charge in [0.25, 0.3) is 11.8 Å². The predicted molar refractivity (Wildman–Crippen MR) is 127 cm³/mol. The molecule has 0 radical (unpaired) electrons. The first-order valence-corrected chi connectivity index (χ1v) is 10.8. The summed E-state index contributed by atoms with van der Waals surface area (Å²) in [6, 6.07) is 14.1. The number of esters is 1. The summed E-state index contributed by atoms with van der Waals surface area (Å²) in [5.74, 6) is -0.365. The molecule has 0 atom stereocenters. The molecule has 0 aliphatic rings. The Kier molecular flexibility index (Phi) is 7.68. The maximum Gasteiger partial charge on any atom is 0.341 e. The number of methoxy groups -OCH3 is 2. The molecule has 3 aromatic rings. The molecule has 1 heterocycles. The van der Waals surface area contributed by atoms with Crippen LogP contribution in [0.15, 0.2) is 48.5 Å². The molecule has 9 heteroatoms. The smallest absolute Gasteiger partial charge is 0.341 e. The van der Waals surface area contributed by atoms with Crippen molar-refractivity contribution < 1.29 is 28.6 Å². The SMILES string of the molecule is COC(=O)c1c(NC(=O)COc2ccc(OC)cc2)sc(C(=O)Nc2cccc(C)c2)c1C. The van der Waals surface area contributed by atoms with Crippen LogP contribution in [0.3, 0.4) is 0 Å². The molecule has 3 rings (SSSR count). The molecule has 0 unspecified atom stereocenters. The number of aryl methyl sites for hydroxylation is 1. The molecule has 0 saturated heterocycles. The van der Waals surface area contributed by atoms with Crippen molar-refractivity contribution >= 4 is 39.8 Å². The number of benzene rings is 2. The van der Waals surface area contributed by atoms with Gasteiger partial charge in [0, 0.05) is 5.69 Å². The first-order chi connectivity index (χ1) is 15.8. The average molecular weight is 469 g/mol. The van der Waals surface area contributed by atoms with Gasteiger partial charge in [0.1, 0.15) is 16.5 Å². The molecule has 0 saturated carbocycles. The molecule has 2 amide bonds. The lowest BCUT2D eigenvalue weighted by atomic mass is 10.1. The first kappa shape index (κ1) is 23.8. The molecule has 1 aromatic heterocycles. The van der Waals surface area contributed by atoms with E-state index in [1.165, 1.54) is 7.11 Å². The van der Waals surface area contributed by atoms with Crippen molar-refractivity contribution in [3.8, 4) is 11.5 Å². The number of carbonyl (C=O) groups excluding carboxylic acids is 3. The Morgan fingerprint density at radius 3 is 2.27 bits per heavy atom. The van der Waals surface area contributed by atoms with E-state index in [4.69, 9.17) is 14.2 Å². The fraction of sp³-hybridized carbons (Fsp3) is 0.208. The third kappa shape index (κ3) is 5.89. The van der Waals surface area contributed by atoms with E-state index in [0.717, 1.165) is 16.9 Å². The molecule has 172 valence electrons. The van der Waals surface area contributed by atoms with Crippen molar-refractivity contribution in [2.75, 3.05) is 31.5 Å². The van der Waals surface area contributed by atoms with E-state index in [-0.39, 0.29) is 23.1 Å². The maximum absolute atomic E-state index is 12.9. The van der Waals surface area contributed by atoms with E-state index in [0.29, 0.717) is 27.6 Å². The van der Waals surface area contributed by atoms with Crippen LogP contribution >= 0.6 is 11.3 Å². The normalized spacial score (nSPS) is 10.3. The van der Waals surface area contributed by atoms with Crippen LogP contribution in [-0.4, -0.2) is 38.6 Å². The third-order valence-corrected chi connectivity index (χ3v) is 5.91. The van der Waals surface area contributed by atoms with Gasteiger partial charge in [-0.15, -0.1) is 11.3 Å². The van der Waals surface area contributed by atoms with Gasteiger partial charge in [0.05, 0.1) is 24.7 Å². The fourth-order valence-electron chi connectivity index (χ4n) is 3.06. The lowest BCUT2D eigenvalue weighted by Gasteiger charge is -2.08. The highest BCUT2D eigenvalue weighted by Crippen LogP contribution is 2.34. The molecule has 33 heavy (non-hydrogen) atoms. The quantitative estimate of drug-likeness (QED) is 0.474. The number of carbonyl (C=O) groups is 3. The van der Waals surface area contributed by atoms with E-state index in [1.807, 2.05) is 25.1 Å². The number of anilines is 2. The van der Waals surface area contributed by atoms with E-state index >= 15 is 0 Å². The van der Waals surface area contributed by atoms with Gasteiger partial charge in [-0.2, -0.15) is 0 Å². The summed E-state index contributed by atoms with van der Waals surface area (Å²) in [7, 11) is 2.80. The van der Waals surface area contributed by atoms with Crippen LogP contribution in [0.2, 0.25) is 0 Å². The Morgan fingerprint density at radius 2 is 1.64 bits per heavy atom. The fourth-order valence-corrected chi connectivity index (χ4v) is 4.17. The Labute approximate surface area is 195 Å². The minimum atomic E-state index is -0.648. The third-order valence-electron chi connectivity index (χ3n) is 4.70. The number of nitrogens with one attached hydrogen (secondary N) is 2. The van der Waals surface area contributed by atoms with Crippen molar-refractivity contribution in [2.45, 2.75) is 13.8 Å². The van der Waals surface area contributed by atoms with Crippen LogP contribution in [0.1, 0.15) is 31.2 Å². The molecule has 8 nitrogen and oxygen atoms in total. The summed E-state index contributed by atoms with van der Waals surface area (Å²) < 4.78 is 15.4. The average Bonchev–Trinajstić information content (AvgIpc) is 3.13. The summed E-state index contributed by atoms with van der Waals surface area (Å²) in [5.41, 5.74) is 2.18. The molecular weight excluding hydrogens is 444 g/mol. The standard InChI is InChI=1S/C24H24N2O6S/c1-14-6-5-7-16(12-14)25-22(28)21-15(2)20(24(29)31-4)23(33-21)26-19(27)13-32-18-10-8-17(30-3)9-11-18/h5-12H,13H2,1-4H3,(H,25,28)(H,26,27). The molecule has 0 bridgehead atoms. The van der Waals surface area contributed by atoms with Gasteiger partial charge in [0.15, 0.2) is 6.61 Å². The second-order valence-electron chi connectivity index (χ2n) is 7.09. The zero-order chi connectivity index (χ0) is 24.0. The van der Waals surface area contributed by atoms with Crippen molar-refractivity contribution in [3.05, 3.63) is 70.1 Å². The number of hydrogen-bond donors (Lipinski definition) is 2. The van der Waals surface area contributed by atoms with Crippen LogP contribution in [0.25, 0.3) is 0 Å². The van der Waals surface area contributed by atoms with Gasteiger partial charge < -0.3 is 24.8 Å². The first-order valence-electron chi connectivity index (χ1n) is 9.98. The molecule has 0 spiro atoms. The van der Waals surface area contributed by atoms with Crippen molar-refractivity contribution in [2.24, 2.45) is 0 Å². The monoisotopic (exact) mass is 468 g/mol. The van der Waals surface area contributed by atoms with Gasteiger partial charge in [-0.1, -0.05) is 12.1 Å². The predicted octanol–water partition coefficient (Wildman–Crippen LogP) is 4.43. The molecule has 2 aromatic carbocycles. The van der Waals surface area contributed by atoms with Crippen LogP contribution in [0, 0.1) is 13.8 Å². The zero-order valence-electron chi connectivity index (χ0n) is 18.7. The Morgan fingerprint density at radius 1 is 0.939 bits per heavy atom. The summed E-state index contributed by atoms with van der Waals surface area (Å²) >= 11 is 0.999. The lowest BCUT2D eigenvalue weighted by Crippen LogP contribution is -2.21. The van der Waals surface area contributed by atoms with Gasteiger partial charge >= 0.3 is 5.97 Å². The Balaban J connectivity index is 1.76. The largest absolute Gasteiger partial charge is 0.497 e. The summed E-state index contributed by atoms with van der Waals surface area (Å²) in [4.78, 5) is 38.0. The summed E-state index contributed by atoms with van der Waals surface area (Å²) in [6.07, 6.45) is 0. The van der Waals surface area contributed by atoms with Crippen LogP contribution in [0.5, 0.6) is 11.5 Å². The van der Waals surface area contributed by atoms with Crippen molar-refractivity contribution in [1.82, 2.24) is 0 Å². The van der Waals surface area contributed by atoms with Gasteiger partial charge in [-0.3, -0.25) is 9.59 Å². The Hall–Kier alpha value is -3.85. The van der Waals surface area contributed by atoms with Crippen LogP contribution in [-0.2, 0) is 9.53 Å². The number of thiophene rings is 1.